The predicted molar refractivity (Wildman–Crippen MR) is 120 cm³/mol. The van der Waals surface area contributed by atoms with Gasteiger partial charge in [-0.05, 0) is 48.5 Å². The number of para-hydroxylation sites is 2. The number of carbonyl (C=O) groups excluding carboxylic acids is 2. The molecule has 3 heterocycles. The molecule has 1 unspecified atom stereocenters. The first-order valence-electron chi connectivity index (χ1n) is 10.3. The van der Waals surface area contributed by atoms with Crippen LogP contribution in [0.2, 0.25) is 0 Å². The van der Waals surface area contributed by atoms with Crippen molar-refractivity contribution in [1.82, 2.24) is 14.5 Å². The van der Waals surface area contributed by atoms with Crippen LogP contribution in [-0.4, -0.2) is 33.5 Å². The first-order valence-corrected chi connectivity index (χ1v) is 10.3. The van der Waals surface area contributed by atoms with E-state index >= 15 is 0 Å². The highest BCUT2D eigenvalue weighted by Crippen LogP contribution is 2.37. The number of fused-ring (bicyclic) bond motifs is 3. The van der Waals surface area contributed by atoms with Gasteiger partial charge in [0.15, 0.2) is 0 Å². The number of imidazole rings is 1. The number of methoxy groups -OCH3 is 1. The van der Waals surface area contributed by atoms with Crippen LogP contribution in [0.4, 0.5) is 11.6 Å². The first-order chi connectivity index (χ1) is 15.6. The minimum atomic E-state index is -0.681. The number of carbonyl (C=O) groups is 2. The van der Waals surface area contributed by atoms with Gasteiger partial charge in [0.25, 0.3) is 5.91 Å². The summed E-state index contributed by atoms with van der Waals surface area (Å²) in [5.74, 6) is 0.809. The Balaban J connectivity index is 1.44. The summed E-state index contributed by atoms with van der Waals surface area (Å²) in [6.07, 6.45) is 1.69. The van der Waals surface area contributed by atoms with Crippen molar-refractivity contribution in [2.24, 2.45) is 0 Å². The molecule has 160 valence electrons. The molecular formula is C24H21N5O3. The predicted octanol–water partition coefficient (Wildman–Crippen LogP) is 3.56. The summed E-state index contributed by atoms with van der Waals surface area (Å²) in [6.45, 7) is 0.291. The van der Waals surface area contributed by atoms with E-state index in [0.717, 1.165) is 16.7 Å². The summed E-state index contributed by atoms with van der Waals surface area (Å²) >= 11 is 0. The molecule has 8 nitrogen and oxygen atoms in total. The van der Waals surface area contributed by atoms with Gasteiger partial charge < -0.3 is 10.1 Å². The number of pyridine rings is 1. The molecule has 0 aliphatic carbocycles. The zero-order valence-electron chi connectivity index (χ0n) is 17.4. The Hall–Kier alpha value is -4.20. The quantitative estimate of drug-likeness (QED) is 0.508. The van der Waals surface area contributed by atoms with Gasteiger partial charge in [-0.15, -0.1) is 0 Å². The first kappa shape index (κ1) is 19.7. The van der Waals surface area contributed by atoms with Gasteiger partial charge in [0.2, 0.25) is 11.9 Å². The fraction of sp³-hybridized carbons (Fsp3) is 0.167. The lowest BCUT2D eigenvalue weighted by molar-refractivity contribution is -0.124. The van der Waals surface area contributed by atoms with Crippen molar-refractivity contribution in [2.45, 2.75) is 19.0 Å². The summed E-state index contributed by atoms with van der Waals surface area (Å²) in [4.78, 5) is 36.8. The largest absolute Gasteiger partial charge is 0.497 e. The molecule has 0 spiro atoms. The zero-order chi connectivity index (χ0) is 22.1. The molecule has 2 aromatic carbocycles. The molecule has 2 aromatic heterocycles. The van der Waals surface area contributed by atoms with Crippen LogP contribution in [0.1, 0.15) is 18.2 Å². The molecule has 0 fully saturated rings. The molecule has 0 bridgehead atoms. The summed E-state index contributed by atoms with van der Waals surface area (Å²) in [7, 11) is 1.59. The average Bonchev–Trinajstić information content (AvgIpc) is 3.31. The van der Waals surface area contributed by atoms with Crippen molar-refractivity contribution in [1.29, 1.82) is 0 Å². The van der Waals surface area contributed by atoms with E-state index in [0.29, 0.717) is 23.9 Å². The molecule has 8 heteroatoms. The Labute approximate surface area is 184 Å². The molecule has 2 amide bonds. The lowest BCUT2D eigenvalue weighted by Crippen LogP contribution is -2.31. The summed E-state index contributed by atoms with van der Waals surface area (Å²) in [5.41, 5.74) is 2.99. The Morgan fingerprint density at radius 3 is 2.59 bits per heavy atom. The maximum absolute atomic E-state index is 13.4. The van der Waals surface area contributed by atoms with E-state index in [1.54, 1.807) is 42.5 Å². The van der Waals surface area contributed by atoms with E-state index in [-0.39, 0.29) is 18.2 Å². The number of hydrogen-bond donors (Lipinski definition) is 1. The van der Waals surface area contributed by atoms with E-state index in [1.807, 2.05) is 47.0 Å². The molecule has 0 saturated heterocycles. The van der Waals surface area contributed by atoms with E-state index in [9.17, 15) is 9.59 Å². The van der Waals surface area contributed by atoms with Crippen LogP contribution in [0.3, 0.4) is 0 Å². The fourth-order valence-corrected chi connectivity index (χ4v) is 3.96. The third kappa shape index (κ3) is 3.56. The van der Waals surface area contributed by atoms with E-state index in [2.05, 4.69) is 15.3 Å². The third-order valence-electron chi connectivity index (χ3n) is 5.48. The number of nitrogens with zero attached hydrogens (tertiary/aromatic N) is 4. The van der Waals surface area contributed by atoms with Crippen LogP contribution < -0.4 is 15.0 Å². The van der Waals surface area contributed by atoms with Gasteiger partial charge in [0.1, 0.15) is 11.8 Å². The molecule has 1 atom stereocenters. The molecule has 1 N–H and O–H groups in total. The Morgan fingerprint density at radius 2 is 1.84 bits per heavy atom. The average molecular weight is 427 g/mol. The van der Waals surface area contributed by atoms with Crippen molar-refractivity contribution in [3.63, 3.8) is 0 Å². The number of ether oxygens (including phenoxy) is 1. The fourth-order valence-electron chi connectivity index (χ4n) is 3.96. The van der Waals surface area contributed by atoms with Crippen molar-refractivity contribution in [3.8, 4) is 5.75 Å². The Morgan fingerprint density at radius 1 is 1.06 bits per heavy atom. The lowest BCUT2D eigenvalue weighted by atomic mass is 10.1. The van der Waals surface area contributed by atoms with Crippen molar-refractivity contribution in [3.05, 3.63) is 78.6 Å². The van der Waals surface area contributed by atoms with Crippen LogP contribution in [0.15, 0.2) is 72.9 Å². The normalized spacial score (nSPS) is 15.1. The molecule has 1 aliphatic rings. The minimum absolute atomic E-state index is 0.00304. The van der Waals surface area contributed by atoms with Gasteiger partial charge in [-0.2, -0.15) is 0 Å². The van der Waals surface area contributed by atoms with Crippen LogP contribution in [0.5, 0.6) is 5.75 Å². The molecular weight excluding hydrogens is 406 g/mol. The second kappa shape index (κ2) is 8.14. The Kier molecular flexibility index (Phi) is 5.03. The van der Waals surface area contributed by atoms with Gasteiger partial charge in [-0.25, -0.2) is 4.98 Å². The van der Waals surface area contributed by atoms with E-state index < -0.39 is 6.04 Å². The van der Waals surface area contributed by atoms with Crippen molar-refractivity contribution < 1.29 is 14.3 Å². The second-order valence-corrected chi connectivity index (χ2v) is 7.51. The van der Waals surface area contributed by atoms with Crippen LogP contribution in [0, 0.1) is 0 Å². The van der Waals surface area contributed by atoms with Gasteiger partial charge in [0.05, 0.1) is 36.8 Å². The smallest absolute Gasteiger partial charge is 0.253 e. The third-order valence-corrected chi connectivity index (χ3v) is 5.48. The van der Waals surface area contributed by atoms with Gasteiger partial charge in [-0.1, -0.05) is 18.2 Å². The zero-order valence-corrected chi connectivity index (χ0v) is 17.4. The number of anilines is 2. The number of amides is 2. The number of aromatic nitrogens is 3. The minimum Gasteiger partial charge on any atom is -0.497 e. The van der Waals surface area contributed by atoms with Gasteiger partial charge >= 0.3 is 0 Å². The van der Waals surface area contributed by atoms with Crippen LogP contribution >= 0.6 is 0 Å². The van der Waals surface area contributed by atoms with Crippen LogP contribution in [-0.2, 0) is 16.1 Å². The van der Waals surface area contributed by atoms with E-state index in [1.165, 1.54) is 0 Å². The Bertz CT molecular complexity index is 1280. The monoisotopic (exact) mass is 427 g/mol. The maximum Gasteiger partial charge on any atom is 0.253 e. The molecule has 32 heavy (non-hydrogen) atoms. The number of hydrogen-bond acceptors (Lipinski definition) is 5. The lowest BCUT2D eigenvalue weighted by Gasteiger charge is -2.15. The van der Waals surface area contributed by atoms with E-state index in [4.69, 9.17) is 4.74 Å². The maximum atomic E-state index is 13.4. The molecule has 4 aromatic rings. The molecule has 1 aliphatic heterocycles. The summed E-state index contributed by atoms with van der Waals surface area (Å²) in [6, 6.07) is 19.6. The molecule has 5 rings (SSSR count). The highest BCUT2D eigenvalue weighted by Gasteiger charge is 2.41. The topological polar surface area (TPSA) is 89.3 Å². The second-order valence-electron chi connectivity index (χ2n) is 7.51. The standard InChI is InChI=1S/C24H21N5O3/c1-32-18-11-9-16(10-12-18)26-22(30)14-21-23(31)28(15-17-6-4-5-13-25-17)24-27-19-7-2-3-8-20(19)29(21)24/h2-13,21H,14-15H2,1H3,(H,26,30). The summed E-state index contributed by atoms with van der Waals surface area (Å²) in [5, 5.41) is 2.86. The highest BCUT2D eigenvalue weighted by atomic mass is 16.5. The van der Waals surface area contributed by atoms with Crippen molar-refractivity contribution in [2.75, 3.05) is 17.3 Å². The highest BCUT2D eigenvalue weighted by molar-refractivity contribution is 6.05. The van der Waals surface area contributed by atoms with Gasteiger partial charge in [0, 0.05) is 11.9 Å². The molecule has 0 saturated carbocycles. The number of nitrogens with one attached hydrogen (secondary N) is 1. The SMILES string of the molecule is COc1ccc(NC(=O)CC2C(=O)N(Cc3ccccn3)c3nc4ccccc4n32)cc1. The van der Waals surface area contributed by atoms with Crippen molar-refractivity contribution >= 4 is 34.5 Å². The van der Waals surface area contributed by atoms with Crippen LogP contribution in [0.25, 0.3) is 11.0 Å². The molecule has 0 radical (unpaired) electrons. The number of benzene rings is 2. The number of rotatable bonds is 6. The van der Waals surface area contributed by atoms with Gasteiger partial charge in [-0.3, -0.25) is 24.0 Å². The summed E-state index contributed by atoms with van der Waals surface area (Å²) < 4.78 is 7.00.